The third kappa shape index (κ3) is 2.36. The van der Waals surface area contributed by atoms with Gasteiger partial charge in [0, 0.05) is 6.54 Å². The van der Waals surface area contributed by atoms with Crippen LogP contribution in [-0.2, 0) is 9.53 Å². The van der Waals surface area contributed by atoms with Crippen LogP contribution in [-0.4, -0.2) is 19.1 Å². The second-order valence-electron chi connectivity index (χ2n) is 3.61. The third-order valence-corrected chi connectivity index (χ3v) is 2.46. The number of carbonyl (C=O) groups excluding carboxylic acids is 1. The predicted molar refractivity (Wildman–Crippen MR) is 52.7 cm³/mol. The van der Waals surface area contributed by atoms with Crippen molar-refractivity contribution in [2.45, 2.75) is 12.5 Å². The van der Waals surface area contributed by atoms with Crippen LogP contribution < -0.4 is 5.32 Å². The van der Waals surface area contributed by atoms with E-state index in [9.17, 15) is 13.6 Å². The first kappa shape index (κ1) is 11.0. The van der Waals surface area contributed by atoms with Crippen LogP contribution in [0.5, 0.6) is 0 Å². The second-order valence-corrected chi connectivity index (χ2v) is 3.61. The lowest BCUT2D eigenvalue weighted by molar-refractivity contribution is -0.125. The van der Waals surface area contributed by atoms with Gasteiger partial charge in [-0.25, -0.2) is 8.78 Å². The van der Waals surface area contributed by atoms with Gasteiger partial charge >= 0.3 is 0 Å². The summed E-state index contributed by atoms with van der Waals surface area (Å²) in [4.78, 5) is 11.0. The van der Waals surface area contributed by atoms with Gasteiger partial charge in [0.15, 0.2) is 11.6 Å². The molecule has 1 fully saturated rings. The molecule has 16 heavy (non-hydrogen) atoms. The van der Waals surface area contributed by atoms with E-state index in [2.05, 4.69) is 5.32 Å². The van der Waals surface area contributed by atoms with Crippen molar-refractivity contribution >= 4 is 5.91 Å². The molecule has 1 atom stereocenters. The number of ether oxygens (including phenoxy) is 1. The van der Waals surface area contributed by atoms with Crippen molar-refractivity contribution in [1.29, 1.82) is 0 Å². The highest BCUT2D eigenvalue weighted by Gasteiger charge is 2.19. The van der Waals surface area contributed by atoms with Crippen LogP contribution in [0.3, 0.4) is 0 Å². The van der Waals surface area contributed by atoms with Crippen LogP contribution in [0.15, 0.2) is 18.2 Å². The first-order chi connectivity index (χ1) is 7.66. The Morgan fingerprint density at radius 1 is 1.31 bits per heavy atom. The Balaban J connectivity index is 2.16. The number of nitrogens with one attached hydrogen (secondary N) is 1. The van der Waals surface area contributed by atoms with Crippen LogP contribution in [0.1, 0.15) is 18.1 Å². The Labute approximate surface area is 91.4 Å². The Hall–Kier alpha value is -1.49. The lowest BCUT2D eigenvalue weighted by atomic mass is 10.1. The van der Waals surface area contributed by atoms with E-state index in [1.807, 2.05) is 0 Å². The maximum Gasteiger partial charge on any atom is 0.246 e. The Morgan fingerprint density at radius 2 is 2.12 bits per heavy atom. The smallest absolute Gasteiger partial charge is 0.246 e. The van der Waals surface area contributed by atoms with Gasteiger partial charge in [-0.3, -0.25) is 4.79 Å². The predicted octanol–water partition coefficient (Wildman–Crippen LogP) is 1.54. The summed E-state index contributed by atoms with van der Waals surface area (Å²) in [6.07, 6.45) is 0.186. The largest absolute Gasteiger partial charge is 0.364 e. The normalized spacial score (nSPS) is 21.4. The zero-order valence-corrected chi connectivity index (χ0v) is 8.50. The molecule has 1 amide bonds. The fourth-order valence-corrected chi connectivity index (χ4v) is 1.63. The minimum absolute atomic E-state index is 0.0519. The van der Waals surface area contributed by atoms with E-state index in [1.54, 1.807) is 0 Å². The molecule has 3 nitrogen and oxygen atoms in total. The van der Waals surface area contributed by atoms with E-state index in [4.69, 9.17) is 4.74 Å². The molecule has 0 bridgehead atoms. The van der Waals surface area contributed by atoms with E-state index < -0.39 is 11.6 Å². The van der Waals surface area contributed by atoms with E-state index in [1.165, 1.54) is 6.07 Å². The van der Waals surface area contributed by atoms with Crippen molar-refractivity contribution in [3.8, 4) is 0 Å². The minimum atomic E-state index is -0.898. The number of rotatable bonds is 1. The lowest BCUT2D eigenvalue weighted by Crippen LogP contribution is -2.24. The summed E-state index contributed by atoms with van der Waals surface area (Å²) < 4.78 is 31.0. The average molecular weight is 227 g/mol. The zero-order valence-electron chi connectivity index (χ0n) is 8.50. The lowest BCUT2D eigenvalue weighted by Gasteiger charge is -2.14. The molecule has 0 radical (unpaired) electrons. The first-order valence-electron chi connectivity index (χ1n) is 5.00. The van der Waals surface area contributed by atoms with Crippen molar-refractivity contribution in [2.24, 2.45) is 0 Å². The van der Waals surface area contributed by atoms with Crippen LogP contribution in [0, 0.1) is 11.6 Å². The molecule has 0 aromatic heterocycles. The molecule has 0 saturated carbocycles. The van der Waals surface area contributed by atoms with Gasteiger partial charge in [-0.2, -0.15) is 0 Å². The van der Waals surface area contributed by atoms with Crippen LogP contribution in [0.4, 0.5) is 8.78 Å². The Bertz CT molecular complexity index is 409. The SMILES string of the molecule is O=C1COC(c2ccc(F)c(F)c2)CCN1. The molecule has 2 rings (SSSR count). The molecular formula is C11H11F2NO2. The Kier molecular flexibility index (Phi) is 3.14. The summed E-state index contributed by atoms with van der Waals surface area (Å²) in [6.45, 7) is 0.423. The molecule has 0 aliphatic carbocycles. The molecular weight excluding hydrogens is 216 g/mol. The van der Waals surface area contributed by atoms with Gasteiger partial charge in [-0.1, -0.05) is 6.07 Å². The third-order valence-electron chi connectivity index (χ3n) is 2.46. The standard InChI is InChI=1S/C11H11F2NO2/c12-8-2-1-7(5-9(8)13)10-3-4-14-11(15)6-16-10/h1-2,5,10H,3-4,6H2,(H,14,15). The van der Waals surface area contributed by atoms with Crippen molar-refractivity contribution in [1.82, 2.24) is 5.32 Å². The molecule has 1 aliphatic heterocycles. The van der Waals surface area contributed by atoms with Gasteiger partial charge in [0.05, 0.1) is 6.10 Å². The van der Waals surface area contributed by atoms with Gasteiger partial charge in [-0.15, -0.1) is 0 Å². The molecule has 1 aliphatic rings. The monoisotopic (exact) mass is 227 g/mol. The fraction of sp³-hybridized carbons (Fsp3) is 0.364. The molecule has 1 unspecified atom stereocenters. The summed E-state index contributed by atoms with van der Waals surface area (Å²) in [5.74, 6) is -1.97. The second kappa shape index (κ2) is 4.57. The van der Waals surface area contributed by atoms with Crippen LogP contribution in [0.25, 0.3) is 0 Å². The van der Waals surface area contributed by atoms with E-state index >= 15 is 0 Å². The molecule has 5 heteroatoms. The summed E-state index contributed by atoms with van der Waals surface area (Å²) in [7, 11) is 0. The number of carbonyl (C=O) groups is 1. The van der Waals surface area contributed by atoms with Crippen molar-refractivity contribution in [3.63, 3.8) is 0 Å². The molecule has 1 N–H and O–H groups in total. The Morgan fingerprint density at radius 3 is 2.88 bits per heavy atom. The highest BCUT2D eigenvalue weighted by Crippen LogP contribution is 2.23. The van der Waals surface area contributed by atoms with Gasteiger partial charge in [0.25, 0.3) is 0 Å². The van der Waals surface area contributed by atoms with E-state index in [-0.39, 0.29) is 18.6 Å². The topological polar surface area (TPSA) is 38.3 Å². The van der Waals surface area contributed by atoms with Gasteiger partial charge in [-0.05, 0) is 24.1 Å². The fourth-order valence-electron chi connectivity index (χ4n) is 1.63. The van der Waals surface area contributed by atoms with E-state index in [0.717, 1.165) is 12.1 Å². The molecule has 86 valence electrons. The number of amides is 1. The summed E-state index contributed by atoms with van der Waals surface area (Å²) in [6, 6.07) is 3.64. The highest BCUT2D eigenvalue weighted by molar-refractivity contribution is 5.77. The zero-order chi connectivity index (χ0) is 11.5. The number of benzene rings is 1. The van der Waals surface area contributed by atoms with Crippen molar-refractivity contribution in [2.75, 3.05) is 13.2 Å². The number of halogens is 2. The molecule has 1 saturated heterocycles. The number of hydrogen-bond acceptors (Lipinski definition) is 2. The maximum absolute atomic E-state index is 13.0. The van der Waals surface area contributed by atoms with Crippen LogP contribution in [0.2, 0.25) is 0 Å². The van der Waals surface area contributed by atoms with Crippen molar-refractivity contribution in [3.05, 3.63) is 35.4 Å². The summed E-state index contributed by atoms with van der Waals surface area (Å²) in [5, 5.41) is 2.64. The average Bonchev–Trinajstić information content (AvgIpc) is 2.47. The molecule has 0 spiro atoms. The van der Waals surface area contributed by atoms with Crippen molar-refractivity contribution < 1.29 is 18.3 Å². The van der Waals surface area contributed by atoms with Gasteiger partial charge in [0.1, 0.15) is 6.61 Å². The minimum Gasteiger partial charge on any atom is -0.364 e. The molecule has 1 aromatic rings. The van der Waals surface area contributed by atoms with E-state index in [0.29, 0.717) is 18.5 Å². The van der Waals surface area contributed by atoms with Crippen LogP contribution >= 0.6 is 0 Å². The van der Waals surface area contributed by atoms with Gasteiger partial charge < -0.3 is 10.1 Å². The summed E-state index contributed by atoms with van der Waals surface area (Å²) >= 11 is 0. The van der Waals surface area contributed by atoms with Gasteiger partial charge in [0.2, 0.25) is 5.91 Å². The summed E-state index contributed by atoms with van der Waals surface area (Å²) in [5.41, 5.74) is 0.551. The number of hydrogen-bond donors (Lipinski definition) is 1. The quantitative estimate of drug-likeness (QED) is 0.790. The highest BCUT2D eigenvalue weighted by atomic mass is 19.2. The molecule has 1 heterocycles. The molecule has 1 aromatic carbocycles. The first-order valence-corrected chi connectivity index (χ1v) is 5.00. The maximum atomic E-state index is 13.0.